The van der Waals surface area contributed by atoms with Crippen LogP contribution in [0, 0.1) is 0 Å². The average molecular weight is 481 g/mol. The van der Waals surface area contributed by atoms with Crippen molar-refractivity contribution in [3.63, 3.8) is 0 Å². The molecule has 0 spiro atoms. The fourth-order valence-electron chi connectivity index (χ4n) is 3.96. The minimum Gasteiger partial charge on any atom is -0.486 e. The van der Waals surface area contributed by atoms with Gasteiger partial charge in [0, 0.05) is 0 Å². The van der Waals surface area contributed by atoms with Gasteiger partial charge < -0.3 is 19.5 Å². The molecule has 1 N–H and O–H groups in total. The number of carbonyl (C=O) groups excluding carboxylic acids is 1. The lowest BCUT2D eigenvalue weighted by Crippen LogP contribution is -2.52. The Morgan fingerprint density at radius 3 is 2.35 bits per heavy atom. The molecule has 9 heteroatoms. The summed E-state index contributed by atoms with van der Waals surface area (Å²) in [5, 5.41) is 2.81. The number of ether oxygens (including phenoxy) is 3. The van der Waals surface area contributed by atoms with Crippen molar-refractivity contribution in [2.75, 3.05) is 24.0 Å². The van der Waals surface area contributed by atoms with E-state index < -0.39 is 22.0 Å². The van der Waals surface area contributed by atoms with Gasteiger partial charge >= 0.3 is 0 Å². The molecule has 8 nitrogen and oxygen atoms in total. The third-order valence-electron chi connectivity index (χ3n) is 5.63. The second kappa shape index (κ2) is 9.26. The van der Waals surface area contributed by atoms with Crippen molar-refractivity contribution >= 4 is 21.6 Å². The smallest absolute Gasteiger partial charge is 0.263 e. The third kappa shape index (κ3) is 4.65. The van der Waals surface area contributed by atoms with Crippen LogP contribution in [0.2, 0.25) is 0 Å². The predicted molar refractivity (Wildman–Crippen MR) is 127 cm³/mol. The van der Waals surface area contributed by atoms with Crippen molar-refractivity contribution in [3.05, 3.63) is 84.4 Å². The lowest BCUT2D eigenvalue weighted by Gasteiger charge is -2.35. The van der Waals surface area contributed by atoms with E-state index in [0.717, 1.165) is 0 Å². The summed E-state index contributed by atoms with van der Waals surface area (Å²) in [6.07, 6.45) is -1.37. The molecule has 2 aliphatic heterocycles. The Labute approximate surface area is 198 Å². The van der Waals surface area contributed by atoms with Crippen LogP contribution in [0.4, 0.5) is 5.69 Å². The molecule has 0 saturated heterocycles. The van der Waals surface area contributed by atoms with E-state index in [1.807, 2.05) is 24.3 Å². The highest BCUT2D eigenvalue weighted by Crippen LogP contribution is 2.36. The SMILES string of the molecule is O=C(NC[C@@H]1COc2ccccc2O1)[C@H]1CN(S(=O)(=O)Cc2ccccc2)c2ccccc2O1. The molecular weight excluding hydrogens is 456 g/mol. The first kappa shape index (κ1) is 22.1. The number of hydrogen-bond donors (Lipinski definition) is 1. The van der Waals surface area contributed by atoms with Crippen molar-refractivity contribution in [1.82, 2.24) is 5.32 Å². The molecule has 5 rings (SSSR count). The van der Waals surface area contributed by atoms with Gasteiger partial charge in [-0.25, -0.2) is 8.42 Å². The van der Waals surface area contributed by atoms with Gasteiger partial charge in [0.15, 0.2) is 17.6 Å². The first-order valence-corrected chi connectivity index (χ1v) is 12.6. The number of amides is 1. The number of nitrogens with one attached hydrogen (secondary N) is 1. The molecule has 0 unspecified atom stereocenters. The Balaban J connectivity index is 1.29. The molecule has 0 fully saturated rings. The zero-order valence-electron chi connectivity index (χ0n) is 18.3. The van der Waals surface area contributed by atoms with Crippen molar-refractivity contribution in [3.8, 4) is 17.2 Å². The summed E-state index contributed by atoms with van der Waals surface area (Å²) in [4.78, 5) is 13.0. The van der Waals surface area contributed by atoms with E-state index in [1.54, 1.807) is 54.6 Å². The molecule has 2 heterocycles. The van der Waals surface area contributed by atoms with E-state index in [2.05, 4.69) is 5.32 Å². The highest BCUT2D eigenvalue weighted by molar-refractivity contribution is 7.92. The van der Waals surface area contributed by atoms with Crippen LogP contribution in [0.1, 0.15) is 5.56 Å². The number of carbonyl (C=O) groups is 1. The minimum absolute atomic E-state index is 0.122. The number of rotatable bonds is 6. The molecule has 0 aliphatic carbocycles. The van der Waals surface area contributed by atoms with Gasteiger partial charge in [0.05, 0.1) is 24.5 Å². The number of nitrogens with zero attached hydrogens (tertiary/aromatic N) is 1. The number of fused-ring (bicyclic) bond motifs is 2. The number of para-hydroxylation sites is 4. The molecule has 0 radical (unpaired) electrons. The average Bonchev–Trinajstić information content (AvgIpc) is 2.86. The van der Waals surface area contributed by atoms with Crippen LogP contribution in [0.5, 0.6) is 17.2 Å². The maximum atomic E-state index is 13.3. The molecule has 2 aliphatic rings. The van der Waals surface area contributed by atoms with E-state index in [-0.39, 0.29) is 24.9 Å². The highest BCUT2D eigenvalue weighted by atomic mass is 32.2. The number of benzene rings is 3. The summed E-state index contributed by atoms with van der Waals surface area (Å²) in [6, 6.07) is 23.1. The van der Waals surface area contributed by atoms with E-state index >= 15 is 0 Å². The monoisotopic (exact) mass is 480 g/mol. The van der Waals surface area contributed by atoms with Gasteiger partial charge in [-0.3, -0.25) is 9.10 Å². The summed E-state index contributed by atoms with van der Waals surface area (Å²) >= 11 is 0. The van der Waals surface area contributed by atoms with E-state index in [9.17, 15) is 13.2 Å². The highest BCUT2D eigenvalue weighted by Gasteiger charge is 2.37. The molecular formula is C25H24N2O6S. The first-order valence-electron chi connectivity index (χ1n) is 11.0. The predicted octanol–water partition coefficient (Wildman–Crippen LogP) is 2.74. The summed E-state index contributed by atoms with van der Waals surface area (Å²) in [7, 11) is -3.76. The van der Waals surface area contributed by atoms with E-state index in [0.29, 0.717) is 35.1 Å². The van der Waals surface area contributed by atoms with Crippen LogP contribution in [0.15, 0.2) is 78.9 Å². The van der Waals surface area contributed by atoms with Crippen LogP contribution >= 0.6 is 0 Å². The fraction of sp³-hybridized carbons (Fsp3) is 0.240. The number of anilines is 1. The van der Waals surface area contributed by atoms with Crippen molar-refractivity contribution < 1.29 is 27.4 Å². The first-order chi connectivity index (χ1) is 16.5. The molecule has 0 aromatic heterocycles. The standard InChI is InChI=1S/C25H24N2O6S/c28-25(26-14-19-16-31-22-12-6-7-13-23(22)32-19)24-15-27(20-10-4-5-11-21(20)33-24)34(29,30)17-18-8-2-1-3-9-18/h1-13,19,24H,14-17H2,(H,26,28)/t19-,24-/m1/s1. The van der Waals surface area contributed by atoms with Gasteiger partial charge in [-0.15, -0.1) is 0 Å². The second-order valence-corrected chi connectivity index (χ2v) is 9.98. The van der Waals surface area contributed by atoms with Crippen molar-refractivity contribution in [1.29, 1.82) is 0 Å². The Bertz CT molecular complexity index is 1280. The third-order valence-corrected chi connectivity index (χ3v) is 7.34. The van der Waals surface area contributed by atoms with E-state index in [4.69, 9.17) is 14.2 Å². The Morgan fingerprint density at radius 2 is 1.56 bits per heavy atom. The second-order valence-electron chi connectivity index (χ2n) is 8.09. The fourth-order valence-corrected chi connectivity index (χ4v) is 5.54. The van der Waals surface area contributed by atoms with Crippen LogP contribution in [0.3, 0.4) is 0 Å². The number of sulfonamides is 1. The van der Waals surface area contributed by atoms with Gasteiger partial charge in [-0.05, 0) is 29.8 Å². The molecule has 176 valence electrons. The van der Waals surface area contributed by atoms with Gasteiger partial charge in [0.25, 0.3) is 5.91 Å². The summed E-state index contributed by atoms with van der Waals surface area (Å²) in [5.41, 5.74) is 1.09. The normalized spacial score (nSPS) is 19.0. The summed E-state index contributed by atoms with van der Waals surface area (Å²) < 4.78 is 45.3. The van der Waals surface area contributed by atoms with Crippen molar-refractivity contribution in [2.24, 2.45) is 0 Å². The van der Waals surface area contributed by atoms with Crippen LogP contribution in [-0.2, 0) is 20.6 Å². The molecule has 34 heavy (non-hydrogen) atoms. The number of hydrogen-bond acceptors (Lipinski definition) is 6. The molecule has 0 bridgehead atoms. The zero-order chi connectivity index (χ0) is 23.5. The van der Waals surface area contributed by atoms with Crippen LogP contribution in [0.25, 0.3) is 0 Å². The molecule has 0 saturated carbocycles. The summed E-state index contributed by atoms with van der Waals surface area (Å²) in [5.74, 6) is 1.03. The largest absolute Gasteiger partial charge is 0.486 e. The maximum absolute atomic E-state index is 13.3. The Hall–Kier alpha value is -3.72. The minimum atomic E-state index is -3.76. The lowest BCUT2D eigenvalue weighted by molar-refractivity contribution is -0.128. The zero-order valence-corrected chi connectivity index (χ0v) is 19.1. The topological polar surface area (TPSA) is 94.2 Å². The van der Waals surface area contributed by atoms with Gasteiger partial charge in [0.2, 0.25) is 10.0 Å². The molecule has 3 aromatic carbocycles. The van der Waals surface area contributed by atoms with E-state index in [1.165, 1.54) is 4.31 Å². The van der Waals surface area contributed by atoms with Gasteiger partial charge in [0.1, 0.15) is 18.5 Å². The molecule has 1 amide bonds. The Morgan fingerprint density at radius 1 is 0.882 bits per heavy atom. The lowest BCUT2D eigenvalue weighted by atomic mass is 10.2. The van der Waals surface area contributed by atoms with Gasteiger partial charge in [-0.2, -0.15) is 0 Å². The van der Waals surface area contributed by atoms with Gasteiger partial charge in [-0.1, -0.05) is 54.6 Å². The quantitative estimate of drug-likeness (QED) is 0.583. The van der Waals surface area contributed by atoms with Crippen molar-refractivity contribution in [2.45, 2.75) is 18.0 Å². The Kier molecular flexibility index (Phi) is 6.02. The molecule has 3 aromatic rings. The summed E-state index contributed by atoms with van der Waals surface area (Å²) in [6.45, 7) is 0.373. The molecule has 2 atom stereocenters. The van der Waals surface area contributed by atoms with Crippen LogP contribution < -0.4 is 23.8 Å². The maximum Gasteiger partial charge on any atom is 0.263 e. The van der Waals surface area contributed by atoms with Crippen LogP contribution in [-0.4, -0.2) is 46.2 Å².